The highest BCUT2D eigenvalue weighted by molar-refractivity contribution is 7.71. The maximum Gasteiger partial charge on any atom is 0.177 e. The summed E-state index contributed by atoms with van der Waals surface area (Å²) in [4.78, 5) is 3.19. The molecule has 3 rings (SSSR count). The maximum absolute atomic E-state index is 5.47. The third-order valence-electron chi connectivity index (χ3n) is 3.85. The summed E-state index contributed by atoms with van der Waals surface area (Å²) in [5, 5.41) is 2.57. The molecule has 0 saturated carbocycles. The molecule has 0 atom stereocenters. The van der Waals surface area contributed by atoms with Crippen molar-refractivity contribution < 1.29 is 0 Å². The van der Waals surface area contributed by atoms with Gasteiger partial charge in [0.2, 0.25) is 0 Å². The van der Waals surface area contributed by atoms with Crippen molar-refractivity contribution in [3.05, 3.63) is 64.7 Å². The fraction of sp³-hybridized carbons (Fsp3) is 0.278. The number of hydrogen-bond acceptors (Lipinski definition) is 1. The SMILES string of the molecule is CC(C)(C)c1c[nH]c(=S)n1Cc1cccc2ccccc12. The molecule has 0 amide bonds. The van der Waals surface area contributed by atoms with Gasteiger partial charge in [-0.25, -0.2) is 0 Å². The predicted octanol–water partition coefficient (Wildman–Crippen LogP) is 5.04. The molecule has 1 N–H and O–H groups in total. The van der Waals surface area contributed by atoms with Crippen LogP contribution in [0.25, 0.3) is 10.8 Å². The largest absolute Gasteiger partial charge is 0.337 e. The lowest BCUT2D eigenvalue weighted by Gasteiger charge is -2.21. The molecule has 108 valence electrons. The molecule has 0 radical (unpaired) electrons. The van der Waals surface area contributed by atoms with Gasteiger partial charge in [0.15, 0.2) is 4.77 Å². The first-order chi connectivity index (χ1) is 9.97. The van der Waals surface area contributed by atoms with Crippen LogP contribution in [0.3, 0.4) is 0 Å². The number of nitrogens with one attached hydrogen (secondary N) is 1. The first kappa shape index (κ1) is 14.1. The standard InChI is InChI=1S/C18H20N2S/c1-18(2,3)16-11-19-17(21)20(16)12-14-9-6-8-13-7-4-5-10-15(13)14/h4-11H,12H2,1-3H3,(H,19,21). The van der Waals surface area contributed by atoms with Crippen LogP contribution in [0.4, 0.5) is 0 Å². The Labute approximate surface area is 130 Å². The van der Waals surface area contributed by atoms with Crippen LogP contribution in [0.1, 0.15) is 32.0 Å². The van der Waals surface area contributed by atoms with Gasteiger partial charge in [0.05, 0.1) is 6.54 Å². The molecule has 0 bridgehead atoms. The first-order valence-electron chi connectivity index (χ1n) is 7.22. The molecule has 0 unspecified atom stereocenters. The Kier molecular flexibility index (Phi) is 3.46. The second-order valence-electron chi connectivity index (χ2n) is 6.45. The molecule has 0 saturated heterocycles. The molecule has 3 heteroatoms. The molecule has 0 spiro atoms. The Morgan fingerprint density at radius 3 is 2.52 bits per heavy atom. The van der Waals surface area contributed by atoms with E-state index >= 15 is 0 Å². The van der Waals surface area contributed by atoms with E-state index in [1.54, 1.807) is 0 Å². The average Bonchev–Trinajstić information content (AvgIpc) is 2.81. The number of fused-ring (bicyclic) bond motifs is 1. The Balaban J connectivity index is 2.12. The summed E-state index contributed by atoms with van der Waals surface area (Å²) in [6.45, 7) is 7.44. The number of aromatic amines is 1. The summed E-state index contributed by atoms with van der Waals surface area (Å²) < 4.78 is 2.99. The number of imidazole rings is 1. The fourth-order valence-electron chi connectivity index (χ4n) is 2.77. The van der Waals surface area contributed by atoms with Gasteiger partial charge in [0.25, 0.3) is 0 Å². The van der Waals surface area contributed by atoms with Gasteiger partial charge in [-0.15, -0.1) is 0 Å². The van der Waals surface area contributed by atoms with Crippen LogP contribution in [0, 0.1) is 4.77 Å². The molecule has 0 aliphatic carbocycles. The van der Waals surface area contributed by atoms with Gasteiger partial charge in [-0.2, -0.15) is 0 Å². The first-order valence-corrected chi connectivity index (χ1v) is 7.63. The van der Waals surface area contributed by atoms with Crippen molar-refractivity contribution in [2.24, 2.45) is 0 Å². The normalized spacial score (nSPS) is 12.0. The Bertz CT molecular complexity index is 829. The van der Waals surface area contributed by atoms with Crippen molar-refractivity contribution in [1.82, 2.24) is 9.55 Å². The highest BCUT2D eigenvalue weighted by Gasteiger charge is 2.19. The fourth-order valence-corrected chi connectivity index (χ4v) is 3.00. The lowest BCUT2D eigenvalue weighted by atomic mass is 9.92. The van der Waals surface area contributed by atoms with Crippen molar-refractivity contribution >= 4 is 23.0 Å². The Hall–Kier alpha value is -1.87. The predicted molar refractivity (Wildman–Crippen MR) is 91.4 cm³/mol. The zero-order valence-corrected chi connectivity index (χ0v) is 13.5. The van der Waals surface area contributed by atoms with Crippen LogP contribution in [-0.2, 0) is 12.0 Å². The van der Waals surface area contributed by atoms with Gasteiger partial charge < -0.3 is 9.55 Å². The quantitative estimate of drug-likeness (QED) is 0.657. The number of nitrogens with zero attached hydrogens (tertiary/aromatic N) is 1. The second kappa shape index (κ2) is 5.15. The minimum Gasteiger partial charge on any atom is -0.337 e. The summed E-state index contributed by atoms with van der Waals surface area (Å²) in [5.74, 6) is 0. The molecule has 21 heavy (non-hydrogen) atoms. The van der Waals surface area contributed by atoms with E-state index in [9.17, 15) is 0 Å². The third kappa shape index (κ3) is 2.66. The highest BCUT2D eigenvalue weighted by atomic mass is 32.1. The van der Waals surface area contributed by atoms with E-state index in [-0.39, 0.29) is 5.41 Å². The van der Waals surface area contributed by atoms with Crippen molar-refractivity contribution in [1.29, 1.82) is 0 Å². The average molecular weight is 296 g/mol. The van der Waals surface area contributed by atoms with Crippen molar-refractivity contribution in [2.75, 3.05) is 0 Å². The molecular weight excluding hydrogens is 276 g/mol. The van der Waals surface area contributed by atoms with Gasteiger partial charge in [0.1, 0.15) is 0 Å². The van der Waals surface area contributed by atoms with Crippen LogP contribution in [0.15, 0.2) is 48.7 Å². The molecule has 0 aliphatic heterocycles. The summed E-state index contributed by atoms with van der Waals surface area (Å²) in [7, 11) is 0. The molecular formula is C18H20N2S. The molecule has 1 heterocycles. The van der Waals surface area contributed by atoms with Crippen LogP contribution in [0.5, 0.6) is 0 Å². The lowest BCUT2D eigenvalue weighted by Crippen LogP contribution is -2.18. The highest BCUT2D eigenvalue weighted by Crippen LogP contribution is 2.25. The van der Waals surface area contributed by atoms with Gasteiger partial charge >= 0.3 is 0 Å². The van der Waals surface area contributed by atoms with Gasteiger partial charge in [-0.3, -0.25) is 0 Å². The molecule has 2 aromatic carbocycles. The topological polar surface area (TPSA) is 20.7 Å². The zero-order chi connectivity index (χ0) is 15.0. The van der Waals surface area contributed by atoms with E-state index in [1.807, 2.05) is 6.20 Å². The number of benzene rings is 2. The van der Waals surface area contributed by atoms with Gasteiger partial charge in [0, 0.05) is 17.3 Å². The molecule has 1 aromatic heterocycles. The summed E-state index contributed by atoms with van der Waals surface area (Å²) >= 11 is 5.47. The number of hydrogen-bond donors (Lipinski definition) is 1. The summed E-state index contributed by atoms with van der Waals surface area (Å²) in [6.07, 6.45) is 2.04. The maximum atomic E-state index is 5.47. The number of aromatic nitrogens is 2. The summed E-state index contributed by atoms with van der Waals surface area (Å²) in [5.41, 5.74) is 2.60. The van der Waals surface area contributed by atoms with Gasteiger partial charge in [-0.05, 0) is 28.6 Å². The third-order valence-corrected chi connectivity index (χ3v) is 4.18. The van der Waals surface area contributed by atoms with E-state index in [1.165, 1.54) is 22.0 Å². The Morgan fingerprint density at radius 2 is 1.76 bits per heavy atom. The molecule has 2 nitrogen and oxygen atoms in total. The monoisotopic (exact) mass is 296 g/mol. The van der Waals surface area contributed by atoms with Crippen LogP contribution < -0.4 is 0 Å². The van der Waals surface area contributed by atoms with Crippen LogP contribution >= 0.6 is 12.2 Å². The van der Waals surface area contributed by atoms with Crippen LogP contribution in [0.2, 0.25) is 0 Å². The van der Waals surface area contributed by atoms with Crippen molar-refractivity contribution in [3.8, 4) is 0 Å². The minimum absolute atomic E-state index is 0.0676. The lowest BCUT2D eigenvalue weighted by molar-refractivity contribution is 0.530. The van der Waals surface area contributed by atoms with Crippen molar-refractivity contribution in [3.63, 3.8) is 0 Å². The molecule has 3 aromatic rings. The van der Waals surface area contributed by atoms with E-state index in [2.05, 4.69) is 72.8 Å². The molecule has 0 aliphatic rings. The van der Waals surface area contributed by atoms with Crippen LogP contribution in [-0.4, -0.2) is 9.55 Å². The molecule has 0 fully saturated rings. The van der Waals surface area contributed by atoms with E-state index in [4.69, 9.17) is 12.2 Å². The smallest absolute Gasteiger partial charge is 0.177 e. The van der Waals surface area contributed by atoms with E-state index in [0.29, 0.717) is 0 Å². The van der Waals surface area contributed by atoms with E-state index < -0.39 is 0 Å². The second-order valence-corrected chi connectivity index (χ2v) is 6.84. The summed E-state index contributed by atoms with van der Waals surface area (Å²) in [6, 6.07) is 15.0. The Morgan fingerprint density at radius 1 is 1.05 bits per heavy atom. The van der Waals surface area contributed by atoms with Crippen molar-refractivity contribution in [2.45, 2.75) is 32.7 Å². The van der Waals surface area contributed by atoms with E-state index in [0.717, 1.165) is 11.3 Å². The van der Waals surface area contributed by atoms with Gasteiger partial charge in [-0.1, -0.05) is 63.2 Å². The minimum atomic E-state index is 0.0676. The number of rotatable bonds is 2. The number of H-pyrrole nitrogens is 1. The zero-order valence-electron chi connectivity index (χ0n) is 12.7.